The van der Waals surface area contributed by atoms with Crippen LogP contribution in [0, 0.1) is 0 Å². The van der Waals surface area contributed by atoms with Crippen molar-refractivity contribution in [2.75, 3.05) is 5.32 Å². The summed E-state index contributed by atoms with van der Waals surface area (Å²) in [5, 5.41) is 15.5. The fourth-order valence-electron chi connectivity index (χ4n) is 2.94. The Hall–Kier alpha value is -1.73. The number of anilines is 1. The smallest absolute Gasteiger partial charge is 0.243 e. The van der Waals surface area contributed by atoms with E-state index in [1.165, 1.54) is 11.1 Å². The summed E-state index contributed by atoms with van der Waals surface area (Å²) in [6.07, 6.45) is 0.885. The molecule has 0 spiro atoms. The summed E-state index contributed by atoms with van der Waals surface area (Å²) in [5.74, 6) is 0.703. The van der Waals surface area contributed by atoms with E-state index in [2.05, 4.69) is 89.1 Å². The summed E-state index contributed by atoms with van der Waals surface area (Å²) in [6.45, 7) is 0. The summed E-state index contributed by atoms with van der Waals surface area (Å²) >= 11 is 7.03. The lowest BCUT2D eigenvalue weighted by atomic mass is 9.93. The van der Waals surface area contributed by atoms with Crippen LogP contribution in [0.4, 0.5) is 5.95 Å². The second-order valence-electron chi connectivity index (χ2n) is 5.50. The van der Waals surface area contributed by atoms with E-state index >= 15 is 0 Å². The molecule has 0 aliphatic carbocycles. The van der Waals surface area contributed by atoms with Gasteiger partial charge in [-0.05, 0) is 52.2 Å². The van der Waals surface area contributed by atoms with Gasteiger partial charge in [-0.3, -0.25) is 0 Å². The molecule has 4 rings (SSSR count). The fraction of sp³-hybridized carbons (Fsp3) is 0.188. The zero-order valence-electron chi connectivity index (χ0n) is 12.0. The summed E-state index contributed by atoms with van der Waals surface area (Å²) in [5.41, 5.74) is 2.42. The Morgan fingerprint density at radius 2 is 1.83 bits per heavy atom. The van der Waals surface area contributed by atoms with Gasteiger partial charge in [0.05, 0.1) is 12.1 Å². The highest BCUT2D eigenvalue weighted by Crippen LogP contribution is 2.37. The molecule has 0 fully saturated rings. The molecule has 2 aromatic carbocycles. The molecule has 1 aliphatic rings. The van der Waals surface area contributed by atoms with E-state index in [1.807, 2.05) is 16.8 Å². The second kappa shape index (κ2) is 6.05. The molecule has 0 bridgehead atoms. The maximum absolute atomic E-state index is 4.15. The van der Waals surface area contributed by atoms with Crippen LogP contribution in [0.2, 0.25) is 0 Å². The Bertz CT molecular complexity index is 830. The van der Waals surface area contributed by atoms with Gasteiger partial charge < -0.3 is 5.32 Å². The van der Waals surface area contributed by atoms with E-state index in [4.69, 9.17) is 0 Å². The van der Waals surface area contributed by atoms with E-state index in [9.17, 15) is 0 Å². The van der Waals surface area contributed by atoms with Crippen LogP contribution in [0.5, 0.6) is 0 Å². The quantitative estimate of drug-likeness (QED) is 0.651. The zero-order valence-corrected chi connectivity index (χ0v) is 15.2. The maximum Gasteiger partial charge on any atom is 0.243 e. The van der Waals surface area contributed by atoms with Crippen molar-refractivity contribution in [2.24, 2.45) is 0 Å². The summed E-state index contributed by atoms with van der Waals surface area (Å²) in [6, 6.07) is 16.9. The third-order valence-corrected chi connectivity index (χ3v) is 5.08. The van der Waals surface area contributed by atoms with Gasteiger partial charge in [0.1, 0.15) is 0 Å². The lowest BCUT2D eigenvalue weighted by Gasteiger charge is -2.31. The molecule has 0 radical (unpaired) electrons. The monoisotopic (exact) mass is 433 g/mol. The average Bonchev–Trinajstić information content (AvgIpc) is 3.03. The summed E-state index contributed by atoms with van der Waals surface area (Å²) in [7, 11) is 0. The summed E-state index contributed by atoms with van der Waals surface area (Å²) in [4.78, 5) is 0. The number of halogens is 2. The Labute approximate surface area is 150 Å². The highest BCUT2D eigenvalue weighted by molar-refractivity contribution is 9.10. The number of nitrogens with one attached hydrogen (secondary N) is 1. The van der Waals surface area contributed by atoms with E-state index in [0.717, 1.165) is 15.4 Å². The van der Waals surface area contributed by atoms with E-state index in [1.54, 1.807) is 0 Å². The van der Waals surface area contributed by atoms with Gasteiger partial charge in [0.25, 0.3) is 0 Å². The number of rotatable bonds is 2. The predicted molar refractivity (Wildman–Crippen MR) is 95.2 cm³/mol. The first-order valence-corrected chi connectivity index (χ1v) is 8.84. The van der Waals surface area contributed by atoms with Crippen LogP contribution >= 0.6 is 31.9 Å². The third-order valence-electron chi connectivity index (χ3n) is 4.06. The topological polar surface area (TPSA) is 55.6 Å². The predicted octanol–water partition coefficient (Wildman–Crippen LogP) is 4.34. The first kappa shape index (κ1) is 14.8. The molecule has 1 aliphatic heterocycles. The molecule has 2 heterocycles. The molecule has 0 unspecified atom stereocenters. The zero-order chi connectivity index (χ0) is 15.8. The molecule has 0 amide bonds. The summed E-state index contributed by atoms with van der Waals surface area (Å²) < 4.78 is 4.00. The van der Waals surface area contributed by atoms with Crippen LogP contribution in [-0.4, -0.2) is 20.2 Å². The molecule has 3 aromatic rings. The number of aromatic nitrogens is 4. The van der Waals surface area contributed by atoms with E-state index in [0.29, 0.717) is 5.95 Å². The molecule has 0 saturated heterocycles. The lowest BCUT2D eigenvalue weighted by molar-refractivity contribution is 0.423. The average molecular weight is 435 g/mol. The van der Waals surface area contributed by atoms with Crippen molar-refractivity contribution in [3.63, 3.8) is 0 Å². The molecule has 1 aromatic heterocycles. The highest BCUT2D eigenvalue weighted by atomic mass is 79.9. The Morgan fingerprint density at radius 3 is 2.61 bits per heavy atom. The number of fused-ring (bicyclic) bond motifs is 1. The van der Waals surface area contributed by atoms with Crippen LogP contribution in [-0.2, 0) is 0 Å². The largest absolute Gasteiger partial charge is 0.346 e. The van der Waals surface area contributed by atoms with Crippen molar-refractivity contribution in [1.29, 1.82) is 0 Å². The molecule has 7 heteroatoms. The number of tetrazole rings is 1. The van der Waals surface area contributed by atoms with Crippen LogP contribution in [0.25, 0.3) is 0 Å². The third kappa shape index (κ3) is 2.90. The molecule has 5 nitrogen and oxygen atoms in total. The molecule has 2 atom stereocenters. The maximum atomic E-state index is 4.15. The number of nitrogens with zero attached hydrogens (tertiary/aromatic N) is 4. The van der Waals surface area contributed by atoms with Crippen molar-refractivity contribution >= 4 is 37.8 Å². The molecular weight excluding hydrogens is 422 g/mol. The van der Waals surface area contributed by atoms with Crippen LogP contribution in [0.1, 0.15) is 29.6 Å². The molecule has 116 valence electrons. The standard InChI is InChI=1S/C16H13Br2N5/c17-12-6-4-10(5-7-12)15-9-14(11-2-1-3-13(18)8-11)19-16-20-21-22-23(15)16/h1-8,14-15H,9H2,(H,19,20,22)/t14-,15-/m1/s1. The van der Waals surface area contributed by atoms with Crippen LogP contribution in [0.15, 0.2) is 57.5 Å². The van der Waals surface area contributed by atoms with Crippen molar-refractivity contribution in [1.82, 2.24) is 20.2 Å². The van der Waals surface area contributed by atoms with E-state index < -0.39 is 0 Å². The van der Waals surface area contributed by atoms with Crippen molar-refractivity contribution in [2.45, 2.75) is 18.5 Å². The van der Waals surface area contributed by atoms with Gasteiger partial charge in [-0.2, -0.15) is 0 Å². The minimum Gasteiger partial charge on any atom is -0.346 e. The van der Waals surface area contributed by atoms with Gasteiger partial charge in [0.15, 0.2) is 0 Å². The van der Waals surface area contributed by atoms with Crippen molar-refractivity contribution in [3.05, 3.63) is 68.6 Å². The number of hydrogen-bond donors (Lipinski definition) is 1. The Morgan fingerprint density at radius 1 is 1.00 bits per heavy atom. The minimum absolute atomic E-state index is 0.110. The SMILES string of the molecule is Brc1ccc([C@H]2C[C@H](c3cccc(Br)c3)Nc3nnnn32)cc1. The molecule has 0 saturated carbocycles. The van der Waals surface area contributed by atoms with Crippen LogP contribution in [0.3, 0.4) is 0 Å². The van der Waals surface area contributed by atoms with E-state index in [-0.39, 0.29) is 12.1 Å². The second-order valence-corrected chi connectivity index (χ2v) is 7.33. The van der Waals surface area contributed by atoms with Crippen LogP contribution < -0.4 is 5.32 Å². The first-order chi connectivity index (χ1) is 11.2. The van der Waals surface area contributed by atoms with Gasteiger partial charge in [0, 0.05) is 8.95 Å². The first-order valence-electron chi connectivity index (χ1n) is 7.26. The molecular formula is C16H13Br2N5. The Kier molecular flexibility index (Phi) is 3.90. The van der Waals surface area contributed by atoms with Crippen molar-refractivity contribution in [3.8, 4) is 0 Å². The fourth-order valence-corrected chi connectivity index (χ4v) is 3.62. The van der Waals surface area contributed by atoms with Gasteiger partial charge in [0.2, 0.25) is 5.95 Å². The molecule has 23 heavy (non-hydrogen) atoms. The lowest BCUT2D eigenvalue weighted by Crippen LogP contribution is -2.28. The highest BCUT2D eigenvalue weighted by Gasteiger charge is 2.30. The molecule has 1 N–H and O–H groups in total. The van der Waals surface area contributed by atoms with Gasteiger partial charge in [-0.1, -0.05) is 61.2 Å². The minimum atomic E-state index is 0.110. The van der Waals surface area contributed by atoms with Crippen molar-refractivity contribution < 1.29 is 0 Å². The van der Waals surface area contributed by atoms with Gasteiger partial charge in [-0.15, -0.1) is 0 Å². The number of benzene rings is 2. The Balaban J connectivity index is 1.73. The van der Waals surface area contributed by atoms with Gasteiger partial charge in [-0.25, -0.2) is 4.68 Å². The number of hydrogen-bond acceptors (Lipinski definition) is 4. The van der Waals surface area contributed by atoms with Gasteiger partial charge >= 0.3 is 0 Å². The normalized spacial score (nSPS) is 19.9.